The molecule has 1 aromatic heterocycles. The molecule has 0 amide bonds. The van der Waals surface area contributed by atoms with E-state index in [4.69, 9.17) is 0 Å². The van der Waals surface area contributed by atoms with E-state index in [1.807, 2.05) is 19.1 Å². The minimum atomic E-state index is -0.367. The summed E-state index contributed by atoms with van der Waals surface area (Å²) < 4.78 is 28.8. The molecule has 23 heavy (non-hydrogen) atoms. The van der Waals surface area contributed by atoms with E-state index in [1.54, 1.807) is 12.1 Å². The molecule has 3 aromatic rings. The van der Waals surface area contributed by atoms with Crippen LogP contribution in [0.3, 0.4) is 0 Å². The predicted octanol–water partition coefficient (Wildman–Crippen LogP) is 3.40. The number of nitrogens with zero attached hydrogens (tertiary/aromatic N) is 3. The Balaban J connectivity index is 1.68. The number of aromatic nitrogens is 3. The van der Waals surface area contributed by atoms with Gasteiger partial charge in [-0.25, -0.2) is 18.4 Å². The summed E-state index contributed by atoms with van der Waals surface area (Å²) in [4.78, 5) is 3.80. The van der Waals surface area contributed by atoms with Gasteiger partial charge in [-0.1, -0.05) is 18.2 Å². The van der Waals surface area contributed by atoms with Gasteiger partial charge in [0.05, 0.1) is 0 Å². The van der Waals surface area contributed by atoms with E-state index in [0.29, 0.717) is 12.2 Å². The molecule has 1 heterocycles. The standard InChI is InChI=1S/C17H16F2N4/c1-12(14-3-2-4-15(18)8-14)21-9-13-5-6-17(16(19)7-13)23-11-20-10-22-23/h2-8,10-12,21H,9H2,1H3. The first-order valence-electron chi connectivity index (χ1n) is 7.26. The molecular formula is C17H16F2N4. The molecule has 0 saturated carbocycles. The van der Waals surface area contributed by atoms with Crippen LogP contribution in [-0.2, 0) is 6.54 Å². The molecule has 0 spiro atoms. The molecule has 3 rings (SSSR count). The Hall–Kier alpha value is -2.60. The van der Waals surface area contributed by atoms with Crippen molar-refractivity contribution in [1.29, 1.82) is 0 Å². The normalized spacial score (nSPS) is 12.3. The third-order valence-electron chi connectivity index (χ3n) is 3.64. The van der Waals surface area contributed by atoms with E-state index in [0.717, 1.165) is 11.1 Å². The lowest BCUT2D eigenvalue weighted by Gasteiger charge is -2.15. The van der Waals surface area contributed by atoms with E-state index in [-0.39, 0.29) is 17.7 Å². The topological polar surface area (TPSA) is 42.7 Å². The van der Waals surface area contributed by atoms with Crippen LogP contribution in [0.4, 0.5) is 8.78 Å². The van der Waals surface area contributed by atoms with Gasteiger partial charge in [0, 0.05) is 12.6 Å². The summed E-state index contributed by atoms with van der Waals surface area (Å²) in [6, 6.07) is 11.3. The Labute approximate surface area is 132 Å². The number of hydrogen-bond donors (Lipinski definition) is 1. The quantitative estimate of drug-likeness (QED) is 0.785. The van der Waals surface area contributed by atoms with Gasteiger partial charge in [0.2, 0.25) is 0 Å². The molecule has 118 valence electrons. The van der Waals surface area contributed by atoms with Crippen molar-refractivity contribution < 1.29 is 8.78 Å². The Bertz CT molecular complexity index is 787. The summed E-state index contributed by atoms with van der Waals surface area (Å²) in [6.07, 6.45) is 2.80. The molecule has 1 unspecified atom stereocenters. The van der Waals surface area contributed by atoms with Gasteiger partial charge in [0.1, 0.15) is 30.0 Å². The van der Waals surface area contributed by atoms with Crippen molar-refractivity contribution in [2.75, 3.05) is 0 Å². The summed E-state index contributed by atoms with van der Waals surface area (Å²) >= 11 is 0. The highest BCUT2D eigenvalue weighted by Crippen LogP contribution is 2.17. The lowest BCUT2D eigenvalue weighted by atomic mass is 10.1. The molecule has 0 aliphatic rings. The van der Waals surface area contributed by atoms with Crippen LogP contribution in [0.15, 0.2) is 55.1 Å². The average molecular weight is 314 g/mol. The van der Waals surface area contributed by atoms with Crippen molar-refractivity contribution in [2.24, 2.45) is 0 Å². The molecule has 0 saturated heterocycles. The van der Waals surface area contributed by atoms with Crippen LogP contribution in [0.5, 0.6) is 0 Å². The van der Waals surface area contributed by atoms with Crippen LogP contribution >= 0.6 is 0 Å². The van der Waals surface area contributed by atoms with E-state index < -0.39 is 0 Å². The Kier molecular flexibility index (Phi) is 4.43. The van der Waals surface area contributed by atoms with E-state index >= 15 is 0 Å². The molecule has 0 bridgehead atoms. The van der Waals surface area contributed by atoms with Gasteiger partial charge in [-0.05, 0) is 42.3 Å². The second-order valence-corrected chi connectivity index (χ2v) is 5.28. The average Bonchev–Trinajstić information content (AvgIpc) is 3.07. The monoisotopic (exact) mass is 314 g/mol. The van der Waals surface area contributed by atoms with E-state index in [9.17, 15) is 8.78 Å². The Morgan fingerprint density at radius 1 is 1.17 bits per heavy atom. The zero-order valence-corrected chi connectivity index (χ0v) is 12.6. The van der Waals surface area contributed by atoms with Gasteiger partial charge in [0.25, 0.3) is 0 Å². The second kappa shape index (κ2) is 6.66. The predicted molar refractivity (Wildman–Crippen MR) is 83.0 cm³/mol. The minimum Gasteiger partial charge on any atom is -0.306 e. The lowest BCUT2D eigenvalue weighted by Crippen LogP contribution is -2.18. The van der Waals surface area contributed by atoms with Crippen molar-refractivity contribution in [1.82, 2.24) is 20.1 Å². The maximum Gasteiger partial charge on any atom is 0.149 e. The molecule has 6 heteroatoms. The second-order valence-electron chi connectivity index (χ2n) is 5.28. The zero-order valence-electron chi connectivity index (χ0n) is 12.6. The van der Waals surface area contributed by atoms with Crippen LogP contribution in [0.25, 0.3) is 5.69 Å². The summed E-state index contributed by atoms with van der Waals surface area (Å²) in [6.45, 7) is 2.42. The van der Waals surface area contributed by atoms with Crippen LogP contribution < -0.4 is 5.32 Å². The highest BCUT2D eigenvalue weighted by Gasteiger charge is 2.09. The van der Waals surface area contributed by atoms with Gasteiger partial charge in [-0.2, -0.15) is 5.10 Å². The minimum absolute atomic E-state index is 0.0382. The molecular weight excluding hydrogens is 298 g/mol. The molecule has 0 aliphatic carbocycles. The summed E-state index contributed by atoms with van der Waals surface area (Å²) in [5.41, 5.74) is 2.00. The molecule has 0 radical (unpaired) electrons. The van der Waals surface area contributed by atoms with Crippen molar-refractivity contribution in [3.63, 3.8) is 0 Å². The lowest BCUT2D eigenvalue weighted by molar-refractivity contribution is 0.560. The first kappa shape index (κ1) is 15.3. The summed E-state index contributed by atoms with van der Waals surface area (Å²) in [7, 11) is 0. The fourth-order valence-corrected chi connectivity index (χ4v) is 2.34. The van der Waals surface area contributed by atoms with Crippen molar-refractivity contribution in [3.8, 4) is 5.69 Å². The van der Waals surface area contributed by atoms with Gasteiger partial charge >= 0.3 is 0 Å². The van der Waals surface area contributed by atoms with E-state index in [2.05, 4.69) is 15.4 Å². The van der Waals surface area contributed by atoms with Gasteiger partial charge in [-0.15, -0.1) is 0 Å². The molecule has 0 fully saturated rings. The third kappa shape index (κ3) is 3.60. The third-order valence-corrected chi connectivity index (χ3v) is 3.64. The highest BCUT2D eigenvalue weighted by molar-refractivity contribution is 5.35. The van der Waals surface area contributed by atoms with Crippen molar-refractivity contribution >= 4 is 0 Å². The van der Waals surface area contributed by atoms with Crippen LogP contribution in [0.1, 0.15) is 24.1 Å². The first-order chi connectivity index (χ1) is 11.1. The smallest absolute Gasteiger partial charge is 0.149 e. The fraction of sp³-hybridized carbons (Fsp3) is 0.176. The number of nitrogens with one attached hydrogen (secondary N) is 1. The summed E-state index contributed by atoms with van der Waals surface area (Å²) in [5.74, 6) is -0.632. The molecule has 2 aromatic carbocycles. The van der Waals surface area contributed by atoms with E-state index in [1.165, 1.54) is 35.5 Å². The number of halogens is 2. The summed E-state index contributed by atoms with van der Waals surface area (Å²) in [5, 5.41) is 7.17. The van der Waals surface area contributed by atoms with Crippen LogP contribution in [0, 0.1) is 11.6 Å². The molecule has 0 aliphatic heterocycles. The number of rotatable bonds is 5. The Morgan fingerprint density at radius 3 is 2.74 bits per heavy atom. The highest BCUT2D eigenvalue weighted by atomic mass is 19.1. The molecule has 1 atom stereocenters. The Morgan fingerprint density at radius 2 is 2.04 bits per heavy atom. The van der Waals surface area contributed by atoms with Crippen molar-refractivity contribution in [2.45, 2.75) is 19.5 Å². The largest absolute Gasteiger partial charge is 0.306 e. The molecule has 1 N–H and O–H groups in total. The first-order valence-corrected chi connectivity index (χ1v) is 7.26. The molecule has 4 nitrogen and oxygen atoms in total. The van der Waals surface area contributed by atoms with Crippen molar-refractivity contribution in [3.05, 3.63) is 77.9 Å². The number of hydrogen-bond acceptors (Lipinski definition) is 3. The number of benzene rings is 2. The zero-order chi connectivity index (χ0) is 16.2. The van der Waals surface area contributed by atoms with Gasteiger partial charge < -0.3 is 5.32 Å². The maximum atomic E-state index is 14.1. The fourth-order valence-electron chi connectivity index (χ4n) is 2.34. The van der Waals surface area contributed by atoms with Crippen LogP contribution in [0.2, 0.25) is 0 Å². The van der Waals surface area contributed by atoms with Crippen LogP contribution in [-0.4, -0.2) is 14.8 Å². The van der Waals surface area contributed by atoms with Gasteiger partial charge in [0.15, 0.2) is 0 Å². The SMILES string of the molecule is CC(NCc1ccc(-n2cncn2)c(F)c1)c1cccc(F)c1. The van der Waals surface area contributed by atoms with Gasteiger partial charge in [-0.3, -0.25) is 0 Å². The maximum absolute atomic E-state index is 14.1.